The summed E-state index contributed by atoms with van der Waals surface area (Å²) in [6.07, 6.45) is 1.27. The van der Waals surface area contributed by atoms with Crippen molar-refractivity contribution >= 4 is 11.6 Å². The van der Waals surface area contributed by atoms with E-state index in [0.717, 1.165) is 0 Å². The number of hydrogen-bond donors (Lipinski definition) is 0. The molecule has 0 N–H and O–H groups in total. The molecule has 16 heavy (non-hydrogen) atoms. The molecule has 1 saturated carbocycles. The number of ketones is 2. The molecule has 1 fully saturated rings. The third-order valence-corrected chi connectivity index (χ3v) is 3.41. The third-order valence-electron chi connectivity index (χ3n) is 3.41. The zero-order chi connectivity index (χ0) is 11.5. The first-order valence-corrected chi connectivity index (χ1v) is 5.75. The van der Waals surface area contributed by atoms with E-state index in [1.165, 1.54) is 5.56 Å². The molecule has 0 bridgehead atoms. The van der Waals surface area contributed by atoms with Crippen molar-refractivity contribution in [1.29, 1.82) is 0 Å². The fourth-order valence-corrected chi connectivity index (χ4v) is 2.40. The Bertz CT molecular complexity index is 378. The molecule has 1 aromatic rings. The fourth-order valence-electron chi connectivity index (χ4n) is 2.40. The van der Waals surface area contributed by atoms with E-state index < -0.39 is 0 Å². The Kier molecular flexibility index (Phi) is 3.18. The number of Topliss-reactive ketones (excluding diaryl/α,β-unsaturated/α-hetero) is 2. The Balaban J connectivity index is 2.13. The van der Waals surface area contributed by atoms with E-state index in [0.29, 0.717) is 12.8 Å². The monoisotopic (exact) mass is 216 g/mol. The van der Waals surface area contributed by atoms with Crippen molar-refractivity contribution in [3.8, 4) is 0 Å². The second-order valence-corrected chi connectivity index (χ2v) is 4.62. The van der Waals surface area contributed by atoms with Crippen molar-refractivity contribution in [1.82, 2.24) is 0 Å². The molecular weight excluding hydrogens is 200 g/mol. The van der Waals surface area contributed by atoms with Crippen LogP contribution in [0.5, 0.6) is 0 Å². The lowest BCUT2D eigenvalue weighted by Gasteiger charge is -2.26. The highest BCUT2D eigenvalue weighted by Crippen LogP contribution is 2.32. The van der Waals surface area contributed by atoms with Gasteiger partial charge in [0.2, 0.25) is 0 Å². The lowest BCUT2D eigenvalue weighted by Crippen LogP contribution is -2.26. The van der Waals surface area contributed by atoms with Gasteiger partial charge in [-0.3, -0.25) is 9.59 Å². The van der Waals surface area contributed by atoms with E-state index in [9.17, 15) is 9.59 Å². The number of rotatable bonds is 2. The molecule has 0 aliphatic heterocycles. The van der Waals surface area contributed by atoms with Crippen LogP contribution in [0.4, 0.5) is 0 Å². The topological polar surface area (TPSA) is 34.1 Å². The molecule has 1 aliphatic rings. The van der Waals surface area contributed by atoms with Gasteiger partial charge in [-0.05, 0) is 17.4 Å². The third kappa shape index (κ3) is 2.38. The average molecular weight is 216 g/mol. The summed E-state index contributed by atoms with van der Waals surface area (Å²) in [5.41, 5.74) is 1.22. The minimum Gasteiger partial charge on any atom is -0.299 e. The van der Waals surface area contributed by atoms with Crippen LogP contribution < -0.4 is 0 Å². The van der Waals surface area contributed by atoms with Gasteiger partial charge in [-0.2, -0.15) is 0 Å². The quantitative estimate of drug-likeness (QED) is 0.712. The molecule has 2 heteroatoms. The van der Waals surface area contributed by atoms with Crippen LogP contribution in [0.3, 0.4) is 0 Å². The number of carbonyl (C=O) groups excluding carboxylic acids is 2. The van der Waals surface area contributed by atoms with E-state index in [1.807, 2.05) is 18.2 Å². The molecule has 1 aliphatic carbocycles. The molecule has 1 aromatic carbocycles. The molecule has 84 valence electrons. The van der Waals surface area contributed by atoms with Gasteiger partial charge in [-0.15, -0.1) is 0 Å². The average Bonchev–Trinajstić information content (AvgIpc) is 2.28. The van der Waals surface area contributed by atoms with Gasteiger partial charge in [-0.25, -0.2) is 0 Å². The normalized spacial score (nSPS) is 19.8. The first-order chi connectivity index (χ1) is 7.66. The summed E-state index contributed by atoms with van der Waals surface area (Å²) in [5.74, 6) is 0.679. The first-order valence-electron chi connectivity index (χ1n) is 5.75. The minimum atomic E-state index is 0.101. The summed E-state index contributed by atoms with van der Waals surface area (Å²) in [7, 11) is 0. The van der Waals surface area contributed by atoms with Crippen molar-refractivity contribution in [2.75, 3.05) is 0 Å². The Morgan fingerprint density at radius 3 is 2.19 bits per heavy atom. The van der Waals surface area contributed by atoms with Crippen molar-refractivity contribution < 1.29 is 9.59 Å². The highest BCUT2D eigenvalue weighted by Gasteiger charge is 2.29. The number of benzene rings is 1. The highest BCUT2D eigenvalue weighted by molar-refractivity contribution is 6.01. The van der Waals surface area contributed by atoms with Crippen LogP contribution in [-0.4, -0.2) is 11.6 Å². The van der Waals surface area contributed by atoms with Gasteiger partial charge in [0.15, 0.2) is 0 Å². The SMILES string of the molecule is C[C@@H](c1ccccc1)C1CC(=O)CC(=O)C1. The number of hydrogen-bond acceptors (Lipinski definition) is 2. The largest absolute Gasteiger partial charge is 0.299 e. The maximum absolute atomic E-state index is 11.4. The second kappa shape index (κ2) is 4.60. The predicted molar refractivity (Wildman–Crippen MR) is 62.2 cm³/mol. The van der Waals surface area contributed by atoms with Crippen molar-refractivity contribution in [2.45, 2.75) is 32.1 Å². The van der Waals surface area contributed by atoms with E-state index in [1.54, 1.807) is 0 Å². The van der Waals surface area contributed by atoms with Gasteiger partial charge in [0.1, 0.15) is 11.6 Å². The zero-order valence-corrected chi connectivity index (χ0v) is 9.48. The molecular formula is C14H16O2. The smallest absolute Gasteiger partial charge is 0.140 e. The van der Waals surface area contributed by atoms with Gasteiger partial charge in [0, 0.05) is 12.8 Å². The van der Waals surface area contributed by atoms with Crippen molar-refractivity contribution in [3.05, 3.63) is 35.9 Å². The molecule has 2 rings (SSSR count). The van der Waals surface area contributed by atoms with Crippen molar-refractivity contribution in [3.63, 3.8) is 0 Å². The van der Waals surface area contributed by atoms with Crippen LogP contribution in [0, 0.1) is 5.92 Å². The van der Waals surface area contributed by atoms with Gasteiger partial charge < -0.3 is 0 Å². The van der Waals surface area contributed by atoms with Gasteiger partial charge >= 0.3 is 0 Å². The van der Waals surface area contributed by atoms with E-state index in [-0.39, 0.29) is 29.8 Å². The minimum absolute atomic E-state index is 0.101. The predicted octanol–water partition coefficient (Wildman–Crippen LogP) is 2.73. The van der Waals surface area contributed by atoms with Crippen LogP contribution in [0.15, 0.2) is 30.3 Å². The maximum atomic E-state index is 11.4. The summed E-state index contributed by atoms with van der Waals surface area (Å²) in [5, 5.41) is 0. The van der Waals surface area contributed by atoms with Crippen LogP contribution in [0.2, 0.25) is 0 Å². The van der Waals surface area contributed by atoms with Gasteiger partial charge in [-0.1, -0.05) is 37.3 Å². The number of carbonyl (C=O) groups is 2. The van der Waals surface area contributed by atoms with Crippen LogP contribution in [0.25, 0.3) is 0 Å². The lowest BCUT2D eigenvalue weighted by molar-refractivity contribution is -0.131. The summed E-state index contributed by atoms with van der Waals surface area (Å²) in [4.78, 5) is 22.8. The Morgan fingerprint density at radius 2 is 1.62 bits per heavy atom. The maximum Gasteiger partial charge on any atom is 0.140 e. The van der Waals surface area contributed by atoms with E-state index in [4.69, 9.17) is 0 Å². The summed E-state index contributed by atoms with van der Waals surface area (Å²) in [6, 6.07) is 10.1. The molecule has 0 radical (unpaired) electrons. The van der Waals surface area contributed by atoms with Gasteiger partial charge in [0.25, 0.3) is 0 Å². The van der Waals surface area contributed by atoms with Crippen LogP contribution >= 0.6 is 0 Å². The molecule has 1 atom stereocenters. The first kappa shape index (κ1) is 11.1. The van der Waals surface area contributed by atoms with E-state index >= 15 is 0 Å². The Morgan fingerprint density at radius 1 is 1.06 bits per heavy atom. The molecule has 2 nitrogen and oxygen atoms in total. The van der Waals surface area contributed by atoms with Crippen LogP contribution in [0.1, 0.15) is 37.7 Å². The lowest BCUT2D eigenvalue weighted by atomic mass is 9.77. The second-order valence-electron chi connectivity index (χ2n) is 4.62. The van der Waals surface area contributed by atoms with Crippen molar-refractivity contribution in [2.24, 2.45) is 5.92 Å². The molecule has 0 aromatic heterocycles. The van der Waals surface area contributed by atoms with Crippen LogP contribution in [-0.2, 0) is 9.59 Å². The molecule has 0 unspecified atom stereocenters. The summed E-state index contributed by atoms with van der Waals surface area (Å²) < 4.78 is 0. The fraction of sp³-hybridized carbons (Fsp3) is 0.429. The van der Waals surface area contributed by atoms with E-state index in [2.05, 4.69) is 19.1 Å². The Labute approximate surface area is 95.7 Å². The summed E-state index contributed by atoms with van der Waals surface area (Å²) >= 11 is 0. The Hall–Kier alpha value is -1.44. The molecule has 0 amide bonds. The molecule has 0 spiro atoms. The molecule has 0 saturated heterocycles. The standard InChI is InChI=1S/C14H16O2/c1-10(11-5-3-2-4-6-11)12-7-13(15)9-14(16)8-12/h2-6,10,12H,7-9H2,1H3/t10-/m0/s1. The highest BCUT2D eigenvalue weighted by atomic mass is 16.1. The molecule has 0 heterocycles. The van der Waals surface area contributed by atoms with Gasteiger partial charge in [0.05, 0.1) is 6.42 Å². The zero-order valence-electron chi connectivity index (χ0n) is 9.48. The summed E-state index contributed by atoms with van der Waals surface area (Å²) in [6.45, 7) is 2.10.